The molecule has 0 saturated carbocycles. The maximum Gasteiger partial charge on any atom is 0.318 e. The second-order valence-electron chi connectivity index (χ2n) is 5.64. The van der Waals surface area contributed by atoms with Crippen molar-refractivity contribution >= 4 is 33.7 Å². The molecule has 0 amide bonds. The largest absolute Gasteiger partial charge is 0.468 e. The van der Waals surface area contributed by atoms with Gasteiger partial charge in [-0.05, 0) is 18.6 Å². The zero-order valence-electron chi connectivity index (χ0n) is 14.4. The van der Waals surface area contributed by atoms with Crippen molar-refractivity contribution in [3.63, 3.8) is 0 Å². The summed E-state index contributed by atoms with van der Waals surface area (Å²) in [4.78, 5) is 11.8. The molecule has 26 heavy (non-hydrogen) atoms. The molecule has 3 aromatic rings. The fourth-order valence-electron chi connectivity index (χ4n) is 2.50. The highest BCUT2D eigenvalue weighted by atomic mass is 79.9. The number of aromatic nitrogens is 3. The molecule has 0 aliphatic rings. The molecule has 0 unspecified atom stereocenters. The highest BCUT2D eigenvalue weighted by molar-refractivity contribution is 9.10. The van der Waals surface area contributed by atoms with Crippen molar-refractivity contribution in [1.29, 1.82) is 0 Å². The Labute approximate surface area is 164 Å². The van der Waals surface area contributed by atoms with Crippen LogP contribution in [0.15, 0.2) is 64.2 Å². The van der Waals surface area contributed by atoms with Crippen molar-refractivity contribution in [2.75, 3.05) is 7.11 Å². The minimum Gasteiger partial charge on any atom is -0.468 e. The maximum absolute atomic E-state index is 11.8. The van der Waals surface area contributed by atoms with E-state index in [0.717, 1.165) is 21.4 Å². The lowest BCUT2D eigenvalue weighted by atomic mass is 10.2. The third-order valence-corrected chi connectivity index (χ3v) is 5.58. The molecular formula is C19H18BrN3O2S. The first-order valence-electron chi connectivity index (χ1n) is 8.06. The molecule has 2 aromatic carbocycles. The molecule has 0 aliphatic carbocycles. The zero-order valence-corrected chi connectivity index (χ0v) is 16.8. The molecule has 3 rings (SSSR count). The van der Waals surface area contributed by atoms with Gasteiger partial charge in [-0.2, -0.15) is 0 Å². The predicted molar refractivity (Wildman–Crippen MR) is 106 cm³/mol. The van der Waals surface area contributed by atoms with Crippen LogP contribution in [0.3, 0.4) is 0 Å². The summed E-state index contributed by atoms with van der Waals surface area (Å²) >= 11 is 4.93. The molecule has 0 radical (unpaired) electrons. The first kappa shape index (κ1) is 18.7. The second-order valence-corrected chi connectivity index (χ2v) is 7.80. The number of carbonyl (C=O) groups is 1. The average Bonchev–Trinajstić information content (AvgIpc) is 3.04. The monoisotopic (exact) mass is 431 g/mol. The standard InChI is InChI=1S/C19H18BrN3O2S/c1-13(18(24)25-2)26-19-22-21-17(15-10-6-7-11-16(15)20)23(19)12-14-8-4-3-5-9-14/h3-11,13H,12H2,1-2H3/t13-/m0/s1. The van der Waals surface area contributed by atoms with E-state index >= 15 is 0 Å². The lowest BCUT2D eigenvalue weighted by Crippen LogP contribution is -2.16. The minimum absolute atomic E-state index is 0.285. The smallest absolute Gasteiger partial charge is 0.318 e. The molecule has 1 heterocycles. The molecule has 1 aromatic heterocycles. The van der Waals surface area contributed by atoms with Crippen LogP contribution in [0.5, 0.6) is 0 Å². The van der Waals surface area contributed by atoms with Crippen molar-refractivity contribution in [3.05, 3.63) is 64.6 Å². The van der Waals surface area contributed by atoms with E-state index in [-0.39, 0.29) is 11.2 Å². The Morgan fingerprint density at radius 3 is 2.54 bits per heavy atom. The Balaban J connectivity index is 2.02. The Hall–Kier alpha value is -2.12. The molecule has 0 N–H and O–H groups in total. The topological polar surface area (TPSA) is 57.0 Å². The van der Waals surface area contributed by atoms with Gasteiger partial charge >= 0.3 is 5.97 Å². The van der Waals surface area contributed by atoms with Gasteiger partial charge in [0.1, 0.15) is 5.25 Å². The van der Waals surface area contributed by atoms with E-state index in [9.17, 15) is 4.79 Å². The van der Waals surface area contributed by atoms with E-state index in [0.29, 0.717) is 11.7 Å². The number of thioether (sulfide) groups is 1. The number of halogens is 1. The Morgan fingerprint density at radius 2 is 1.85 bits per heavy atom. The van der Waals surface area contributed by atoms with Crippen LogP contribution in [0, 0.1) is 0 Å². The van der Waals surface area contributed by atoms with Crippen LogP contribution in [0.2, 0.25) is 0 Å². The average molecular weight is 432 g/mol. The summed E-state index contributed by atoms with van der Waals surface area (Å²) in [6.45, 7) is 2.41. The first-order valence-corrected chi connectivity index (χ1v) is 9.74. The molecule has 0 bridgehead atoms. The van der Waals surface area contributed by atoms with Gasteiger partial charge in [0.05, 0.1) is 13.7 Å². The van der Waals surface area contributed by atoms with Crippen molar-refractivity contribution in [2.45, 2.75) is 23.9 Å². The van der Waals surface area contributed by atoms with E-state index in [1.54, 1.807) is 6.92 Å². The third kappa shape index (κ3) is 4.16. The molecule has 0 fully saturated rings. The molecule has 5 nitrogen and oxygen atoms in total. The van der Waals surface area contributed by atoms with Crippen molar-refractivity contribution in [1.82, 2.24) is 14.8 Å². The van der Waals surface area contributed by atoms with Gasteiger partial charge in [0.25, 0.3) is 0 Å². The van der Waals surface area contributed by atoms with E-state index in [4.69, 9.17) is 4.74 Å². The summed E-state index contributed by atoms with van der Waals surface area (Å²) < 4.78 is 7.80. The SMILES string of the molecule is COC(=O)[C@H](C)Sc1nnc(-c2ccccc2Br)n1Cc1ccccc1. The number of carbonyl (C=O) groups excluding carboxylic acids is 1. The van der Waals surface area contributed by atoms with E-state index in [1.165, 1.54) is 18.9 Å². The van der Waals surface area contributed by atoms with Crippen molar-refractivity contribution in [2.24, 2.45) is 0 Å². The molecular weight excluding hydrogens is 414 g/mol. The van der Waals surface area contributed by atoms with Gasteiger partial charge in [0, 0.05) is 10.0 Å². The Bertz CT molecular complexity index is 899. The zero-order chi connectivity index (χ0) is 18.5. The maximum atomic E-state index is 11.8. The van der Waals surface area contributed by atoms with Gasteiger partial charge < -0.3 is 4.74 Å². The summed E-state index contributed by atoms with van der Waals surface area (Å²) in [7, 11) is 1.39. The number of benzene rings is 2. The minimum atomic E-state index is -0.370. The summed E-state index contributed by atoms with van der Waals surface area (Å²) in [5.74, 6) is 0.465. The van der Waals surface area contributed by atoms with Crippen LogP contribution in [-0.2, 0) is 16.1 Å². The Morgan fingerprint density at radius 1 is 1.15 bits per heavy atom. The van der Waals surface area contributed by atoms with E-state index in [2.05, 4.69) is 38.3 Å². The number of rotatable bonds is 6. The normalized spacial score (nSPS) is 12.0. The van der Waals surface area contributed by atoms with Gasteiger partial charge in [-0.1, -0.05) is 76.2 Å². The van der Waals surface area contributed by atoms with Gasteiger partial charge in [-0.3, -0.25) is 9.36 Å². The molecule has 0 aliphatic heterocycles. The number of hydrogen-bond donors (Lipinski definition) is 0. The third-order valence-electron chi connectivity index (χ3n) is 3.83. The molecule has 0 spiro atoms. The van der Waals surface area contributed by atoms with Crippen LogP contribution in [0.4, 0.5) is 0 Å². The number of nitrogens with zero attached hydrogens (tertiary/aromatic N) is 3. The lowest BCUT2D eigenvalue weighted by molar-refractivity contribution is -0.139. The van der Waals surface area contributed by atoms with Gasteiger partial charge in [0.15, 0.2) is 11.0 Å². The fraction of sp³-hybridized carbons (Fsp3) is 0.211. The summed E-state index contributed by atoms with van der Waals surface area (Å²) in [5.41, 5.74) is 2.08. The molecule has 1 atom stereocenters. The van der Waals surface area contributed by atoms with Crippen LogP contribution in [-0.4, -0.2) is 33.1 Å². The number of esters is 1. The van der Waals surface area contributed by atoms with Crippen LogP contribution in [0.25, 0.3) is 11.4 Å². The van der Waals surface area contributed by atoms with Crippen molar-refractivity contribution < 1.29 is 9.53 Å². The number of hydrogen-bond acceptors (Lipinski definition) is 5. The molecule has 0 saturated heterocycles. The molecule has 134 valence electrons. The van der Waals surface area contributed by atoms with E-state index in [1.807, 2.05) is 47.0 Å². The Kier molecular flexibility index (Phi) is 6.11. The van der Waals surface area contributed by atoms with Gasteiger partial charge in [-0.15, -0.1) is 10.2 Å². The lowest BCUT2D eigenvalue weighted by Gasteiger charge is -2.13. The summed E-state index contributed by atoms with van der Waals surface area (Å²) in [6, 6.07) is 18.0. The van der Waals surface area contributed by atoms with Crippen molar-refractivity contribution in [3.8, 4) is 11.4 Å². The quantitative estimate of drug-likeness (QED) is 0.427. The van der Waals surface area contributed by atoms with E-state index < -0.39 is 0 Å². The first-order chi connectivity index (χ1) is 12.6. The number of ether oxygens (including phenoxy) is 1. The fourth-order valence-corrected chi connectivity index (χ4v) is 3.84. The summed E-state index contributed by atoms with van der Waals surface area (Å²) in [6.07, 6.45) is 0. The molecule has 7 heteroatoms. The van der Waals surface area contributed by atoms with Crippen LogP contribution < -0.4 is 0 Å². The number of methoxy groups -OCH3 is 1. The summed E-state index contributed by atoms with van der Waals surface area (Å²) in [5, 5.41) is 9.03. The van der Waals surface area contributed by atoms with Gasteiger partial charge in [-0.25, -0.2) is 0 Å². The predicted octanol–water partition coefficient (Wildman–Crippen LogP) is 4.41. The second kappa shape index (κ2) is 8.51. The van der Waals surface area contributed by atoms with Gasteiger partial charge in [0.2, 0.25) is 0 Å². The highest BCUT2D eigenvalue weighted by Gasteiger charge is 2.22. The highest BCUT2D eigenvalue weighted by Crippen LogP contribution is 2.31. The van der Waals surface area contributed by atoms with Crippen LogP contribution >= 0.6 is 27.7 Å². The van der Waals surface area contributed by atoms with Crippen LogP contribution in [0.1, 0.15) is 12.5 Å².